The molecule has 4 nitrogen and oxygen atoms in total. The average molecular weight is 158 g/mol. The van der Waals surface area contributed by atoms with Crippen LogP contribution in [0.15, 0.2) is 4.99 Å². The van der Waals surface area contributed by atoms with Crippen molar-refractivity contribution >= 4 is 29.3 Å². The van der Waals surface area contributed by atoms with Crippen molar-refractivity contribution in [3.63, 3.8) is 0 Å². The number of amides is 3. The summed E-state index contributed by atoms with van der Waals surface area (Å²) in [6, 6.07) is -0.692. The summed E-state index contributed by atoms with van der Waals surface area (Å²) in [5.74, 6) is -0.376. The number of hydrogen-bond donors (Lipinski definition) is 0. The van der Waals surface area contributed by atoms with Crippen LogP contribution in [0.2, 0.25) is 0 Å². The van der Waals surface area contributed by atoms with Gasteiger partial charge in [-0.1, -0.05) is 0 Å². The number of isothiocyanates is 1. The van der Waals surface area contributed by atoms with Crippen LogP contribution >= 0.6 is 12.2 Å². The molecule has 3 amide bonds. The van der Waals surface area contributed by atoms with E-state index in [1.807, 2.05) is 5.16 Å². The maximum absolute atomic E-state index is 10.6. The van der Waals surface area contributed by atoms with Gasteiger partial charge in [-0.3, -0.25) is 9.69 Å². The monoisotopic (exact) mass is 158 g/mol. The first kappa shape index (κ1) is 8.94. The van der Waals surface area contributed by atoms with Gasteiger partial charge in [-0.2, -0.15) is 0 Å². The van der Waals surface area contributed by atoms with Crippen molar-refractivity contribution in [1.82, 2.24) is 4.90 Å². The third-order valence-corrected chi connectivity index (χ3v) is 0.992. The van der Waals surface area contributed by atoms with Gasteiger partial charge in [-0.05, 0) is 12.2 Å². The predicted molar refractivity (Wildman–Crippen MR) is 38.9 cm³/mol. The van der Waals surface area contributed by atoms with Crippen molar-refractivity contribution in [3.05, 3.63) is 0 Å². The van der Waals surface area contributed by atoms with Crippen molar-refractivity contribution < 1.29 is 9.59 Å². The smallest absolute Gasteiger partial charge is 0.275 e. The Morgan fingerprint density at radius 2 is 2.10 bits per heavy atom. The van der Waals surface area contributed by atoms with E-state index >= 15 is 0 Å². The van der Waals surface area contributed by atoms with Gasteiger partial charge in [-0.15, -0.1) is 4.99 Å². The molecule has 0 heterocycles. The molecule has 0 saturated carbocycles. The molecule has 0 rings (SSSR count). The lowest BCUT2D eigenvalue weighted by Crippen LogP contribution is -2.28. The quantitative estimate of drug-likeness (QED) is 0.385. The molecule has 0 aromatic heterocycles. The Hall–Kier alpha value is -1.06. The third kappa shape index (κ3) is 2.48. The van der Waals surface area contributed by atoms with Gasteiger partial charge < -0.3 is 0 Å². The second kappa shape index (κ2) is 3.87. The standard InChI is InChI=1S/C5H6N2O2S/c1-4(8)7(2)5(9)6-3-10/h1-2H3. The van der Waals surface area contributed by atoms with E-state index in [9.17, 15) is 9.59 Å². The first-order chi connectivity index (χ1) is 4.59. The molecule has 0 aromatic rings. The summed E-state index contributed by atoms with van der Waals surface area (Å²) in [4.78, 5) is 25.0. The van der Waals surface area contributed by atoms with Crippen LogP contribution in [0.25, 0.3) is 0 Å². The van der Waals surface area contributed by atoms with Crippen LogP contribution in [0.3, 0.4) is 0 Å². The number of carbonyl (C=O) groups excluding carboxylic acids is 2. The van der Waals surface area contributed by atoms with Crippen LogP contribution < -0.4 is 0 Å². The van der Waals surface area contributed by atoms with Gasteiger partial charge in [0.1, 0.15) is 0 Å². The Labute approximate surface area is 63.5 Å². The number of rotatable bonds is 0. The molecule has 0 aliphatic carbocycles. The Bertz CT molecular complexity index is 208. The fourth-order valence-corrected chi connectivity index (χ4v) is 0.327. The lowest BCUT2D eigenvalue weighted by molar-refractivity contribution is -0.124. The number of urea groups is 1. The first-order valence-electron chi connectivity index (χ1n) is 2.45. The van der Waals surface area contributed by atoms with E-state index < -0.39 is 6.03 Å². The second-order valence-electron chi connectivity index (χ2n) is 1.56. The molecular weight excluding hydrogens is 152 g/mol. The number of carbonyl (C=O) groups is 2. The van der Waals surface area contributed by atoms with Gasteiger partial charge in [0.15, 0.2) is 0 Å². The SMILES string of the molecule is CC(=O)N(C)C(=O)N=C=S. The zero-order valence-electron chi connectivity index (χ0n) is 5.62. The summed E-state index contributed by atoms with van der Waals surface area (Å²) in [6.07, 6.45) is 0. The molecule has 0 aliphatic heterocycles. The van der Waals surface area contributed by atoms with E-state index in [1.165, 1.54) is 14.0 Å². The van der Waals surface area contributed by atoms with E-state index in [1.54, 1.807) is 0 Å². The van der Waals surface area contributed by atoms with Gasteiger partial charge in [0.25, 0.3) is 0 Å². The average Bonchev–Trinajstić information content (AvgIpc) is 1.87. The third-order valence-electron chi connectivity index (χ3n) is 0.901. The first-order valence-corrected chi connectivity index (χ1v) is 2.86. The van der Waals surface area contributed by atoms with Crippen LogP contribution in [-0.4, -0.2) is 29.0 Å². The van der Waals surface area contributed by atoms with Crippen molar-refractivity contribution in [2.24, 2.45) is 4.99 Å². The Kier molecular flexibility index (Phi) is 3.46. The molecule has 0 aromatic carbocycles. The highest BCUT2D eigenvalue weighted by molar-refractivity contribution is 7.78. The highest BCUT2D eigenvalue weighted by Crippen LogP contribution is 1.87. The number of thiocarbonyl (C=S) groups is 1. The molecular formula is C5H6N2O2S. The molecule has 0 saturated heterocycles. The summed E-state index contributed by atoms with van der Waals surface area (Å²) >= 11 is 4.16. The highest BCUT2D eigenvalue weighted by atomic mass is 32.1. The summed E-state index contributed by atoms with van der Waals surface area (Å²) in [7, 11) is 1.32. The van der Waals surface area contributed by atoms with Crippen LogP contribution in [0.4, 0.5) is 4.79 Å². The molecule has 0 spiro atoms. The van der Waals surface area contributed by atoms with E-state index in [-0.39, 0.29) is 5.91 Å². The summed E-state index contributed by atoms with van der Waals surface area (Å²) in [6.45, 7) is 1.26. The van der Waals surface area contributed by atoms with E-state index in [0.717, 1.165) is 4.90 Å². The molecule has 0 unspecified atom stereocenters. The molecule has 5 heteroatoms. The zero-order chi connectivity index (χ0) is 8.15. The molecule has 0 bridgehead atoms. The van der Waals surface area contributed by atoms with Crippen molar-refractivity contribution in [2.45, 2.75) is 6.92 Å². The summed E-state index contributed by atoms with van der Waals surface area (Å²) < 4.78 is 0. The maximum Gasteiger partial charge on any atom is 0.358 e. The van der Waals surface area contributed by atoms with E-state index in [2.05, 4.69) is 17.2 Å². The predicted octanol–water partition coefficient (Wildman–Crippen LogP) is 0.688. The summed E-state index contributed by atoms with van der Waals surface area (Å²) in [5, 5.41) is 1.87. The maximum atomic E-state index is 10.6. The number of aliphatic imine (C=N–C) groups is 1. The molecule has 0 N–H and O–H groups in total. The second-order valence-corrected chi connectivity index (χ2v) is 1.75. The Balaban J connectivity index is 4.21. The minimum absolute atomic E-state index is 0.376. The number of imide groups is 1. The van der Waals surface area contributed by atoms with Crippen LogP contribution in [0.1, 0.15) is 6.92 Å². The topological polar surface area (TPSA) is 49.7 Å². The van der Waals surface area contributed by atoms with E-state index in [0.29, 0.717) is 0 Å². The molecule has 0 atom stereocenters. The van der Waals surface area contributed by atoms with E-state index in [4.69, 9.17) is 0 Å². The van der Waals surface area contributed by atoms with Crippen LogP contribution in [0.5, 0.6) is 0 Å². The van der Waals surface area contributed by atoms with Crippen molar-refractivity contribution in [3.8, 4) is 0 Å². The summed E-state index contributed by atoms with van der Waals surface area (Å²) in [5.41, 5.74) is 0. The number of hydrogen-bond acceptors (Lipinski definition) is 3. The van der Waals surface area contributed by atoms with Crippen LogP contribution in [0, 0.1) is 0 Å². The lowest BCUT2D eigenvalue weighted by Gasteiger charge is -2.06. The van der Waals surface area contributed by atoms with Crippen LogP contribution in [-0.2, 0) is 4.79 Å². The molecule has 0 radical (unpaired) electrons. The normalized spacial score (nSPS) is 7.80. The Morgan fingerprint density at radius 1 is 1.60 bits per heavy atom. The largest absolute Gasteiger partial charge is 0.358 e. The molecule has 0 fully saturated rings. The van der Waals surface area contributed by atoms with Gasteiger partial charge >= 0.3 is 6.03 Å². The van der Waals surface area contributed by atoms with Gasteiger partial charge in [-0.25, -0.2) is 4.79 Å². The highest BCUT2D eigenvalue weighted by Gasteiger charge is 2.09. The molecule has 54 valence electrons. The van der Waals surface area contributed by atoms with Gasteiger partial charge in [0, 0.05) is 14.0 Å². The number of nitrogens with zero attached hydrogens (tertiary/aromatic N) is 2. The van der Waals surface area contributed by atoms with Gasteiger partial charge in [0.05, 0.1) is 5.16 Å². The Morgan fingerprint density at radius 3 is 2.40 bits per heavy atom. The fraction of sp³-hybridized carbons (Fsp3) is 0.400. The lowest BCUT2D eigenvalue weighted by atomic mass is 10.6. The minimum atomic E-state index is -0.692. The molecule has 10 heavy (non-hydrogen) atoms. The fourth-order valence-electron chi connectivity index (χ4n) is 0.249. The van der Waals surface area contributed by atoms with Crippen molar-refractivity contribution in [1.29, 1.82) is 0 Å². The van der Waals surface area contributed by atoms with Gasteiger partial charge in [0.2, 0.25) is 5.91 Å². The minimum Gasteiger partial charge on any atom is -0.275 e. The zero-order valence-corrected chi connectivity index (χ0v) is 6.44. The molecule has 0 aliphatic rings. The van der Waals surface area contributed by atoms with Crippen molar-refractivity contribution in [2.75, 3.05) is 7.05 Å².